The standard InChI is InChI=1S/C19H22ClNO3/c1-5-13(2)24-19-15(20)10-14(11-18(19)23-4)12-21-16-8-6-7-9-17(16)22-3/h6-13H,5H2,1-4H3/t13-/m0/s1. The number of hydrogen-bond donors (Lipinski definition) is 0. The van der Waals surface area contributed by atoms with Gasteiger partial charge in [-0.3, -0.25) is 4.99 Å². The lowest BCUT2D eigenvalue weighted by molar-refractivity contribution is 0.208. The zero-order valence-electron chi connectivity index (χ0n) is 14.4. The number of halogens is 1. The average molecular weight is 348 g/mol. The number of rotatable bonds is 7. The highest BCUT2D eigenvalue weighted by atomic mass is 35.5. The number of aliphatic imine (C=N–C) groups is 1. The number of hydrogen-bond acceptors (Lipinski definition) is 4. The van der Waals surface area contributed by atoms with Gasteiger partial charge in [-0.25, -0.2) is 0 Å². The van der Waals surface area contributed by atoms with E-state index in [1.807, 2.05) is 37.3 Å². The van der Waals surface area contributed by atoms with Crippen LogP contribution in [0.5, 0.6) is 17.2 Å². The van der Waals surface area contributed by atoms with E-state index in [0.29, 0.717) is 22.3 Å². The number of ether oxygens (including phenoxy) is 3. The van der Waals surface area contributed by atoms with Crippen molar-refractivity contribution in [3.63, 3.8) is 0 Å². The van der Waals surface area contributed by atoms with Crippen molar-refractivity contribution >= 4 is 23.5 Å². The third-order valence-electron chi connectivity index (χ3n) is 3.58. The predicted octanol–water partition coefficient (Wildman–Crippen LogP) is 5.29. The fourth-order valence-electron chi connectivity index (χ4n) is 2.09. The van der Waals surface area contributed by atoms with Crippen LogP contribution in [0.3, 0.4) is 0 Å². The quantitative estimate of drug-likeness (QED) is 0.639. The molecule has 0 saturated heterocycles. The minimum atomic E-state index is 0.0597. The Morgan fingerprint density at radius 1 is 1.12 bits per heavy atom. The van der Waals surface area contributed by atoms with Gasteiger partial charge in [0, 0.05) is 6.21 Å². The van der Waals surface area contributed by atoms with Crippen molar-refractivity contribution in [3.8, 4) is 17.2 Å². The Bertz CT molecular complexity index is 716. The Labute approximate surface area is 148 Å². The van der Waals surface area contributed by atoms with Gasteiger partial charge in [0.1, 0.15) is 11.4 Å². The molecule has 0 heterocycles. The second-order valence-corrected chi connectivity index (χ2v) is 5.71. The summed E-state index contributed by atoms with van der Waals surface area (Å²) in [6.07, 6.45) is 2.67. The molecule has 5 heteroatoms. The number of benzene rings is 2. The van der Waals surface area contributed by atoms with Crippen molar-refractivity contribution in [2.75, 3.05) is 14.2 Å². The first kappa shape index (κ1) is 18.1. The number of nitrogens with zero attached hydrogens (tertiary/aromatic N) is 1. The van der Waals surface area contributed by atoms with E-state index < -0.39 is 0 Å². The van der Waals surface area contributed by atoms with Gasteiger partial charge in [-0.1, -0.05) is 30.7 Å². The van der Waals surface area contributed by atoms with Crippen molar-refractivity contribution < 1.29 is 14.2 Å². The zero-order chi connectivity index (χ0) is 17.5. The maximum Gasteiger partial charge on any atom is 0.180 e. The van der Waals surface area contributed by atoms with Crippen LogP contribution in [-0.4, -0.2) is 26.5 Å². The first-order chi connectivity index (χ1) is 11.6. The van der Waals surface area contributed by atoms with Gasteiger partial charge in [0.15, 0.2) is 11.5 Å². The first-order valence-corrected chi connectivity index (χ1v) is 8.18. The van der Waals surface area contributed by atoms with E-state index in [9.17, 15) is 0 Å². The molecule has 0 unspecified atom stereocenters. The molecule has 0 radical (unpaired) electrons. The molecule has 0 aliphatic heterocycles. The van der Waals surface area contributed by atoms with E-state index in [1.54, 1.807) is 26.5 Å². The highest BCUT2D eigenvalue weighted by Gasteiger charge is 2.14. The molecular formula is C19H22ClNO3. The highest BCUT2D eigenvalue weighted by Crippen LogP contribution is 2.37. The predicted molar refractivity (Wildman–Crippen MR) is 98.6 cm³/mol. The molecule has 2 aromatic rings. The van der Waals surface area contributed by atoms with Crippen LogP contribution in [0.4, 0.5) is 5.69 Å². The average Bonchev–Trinajstić information content (AvgIpc) is 2.61. The summed E-state index contributed by atoms with van der Waals surface area (Å²) in [6.45, 7) is 4.05. The van der Waals surface area contributed by atoms with E-state index >= 15 is 0 Å². The molecule has 0 spiro atoms. The van der Waals surface area contributed by atoms with Crippen molar-refractivity contribution in [2.45, 2.75) is 26.4 Å². The highest BCUT2D eigenvalue weighted by molar-refractivity contribution is 6.32. The summed E-state index contributed by atoms with van der Waals surface area (Å²) < 4.78 is 16.6. The van der Waals surface area contributed by atoms with Crippen LogP contribution in [0.2, 0.25) is 5.02 Å². The van der Waals surface area contributed by atoms with Crippen LogP contribution in [0, 0.1) is 0 Å². The molecule has 2 aromatic carbocycles. The molecule has 0 fully saturated rings. The van der Waals surface area contributed by atoms with Gasteiger partial charge in [0.25, 0.3) is 0 Å². The minimum absolute atomic E-state index is 0.0597. The van der Waals surface area contributed by atoms with Crippen LogP contribution in [0.1, 0.15) is 25.8 Å². The van der Waals surface area contributed by atoms with Crippen molar-refractivity contribution in [1.82, 2.24) is 0 Å². The van der Waals surface area contributed by atoms with Crippen molar-refractivity contribution in [3.05, 3.63) is 47.0 Å². The van der Waals surface area contributed by atoms with Crippen LogP contribution < -0.4 is 14.2 Å². The van der Waals surface area contributed by atoms with Gasteiger partial charge < -0.3 is 14.2 Å². The van der Waals surface area contributed by atoms with Crippen LogP contribution in [0.25, 0.3) is 0 Å². The Kier molecular flexibility index (Phi) is 6.50. The topological polar surface area (TPSA) is 40.0 Å². The summed E-state index contributed by atoms with van der Waals surface area (Å²) in [7, 11) is 3.21. The monoisotopic (exact) mass is 347 g/mol. The van der Waals surface area contributed by atoms with Crippen LogP contribution in [-0.2, 0) is 0 Å². The first-order valence-electron chi connectivity index (χ1n) is 7.80. The molecule has 0 amide bonds. The molecule has 24 heavy (non-hydrogen) atoms. The summed E-state index contributed by atoms with van der Waals surface area (Å²) in [5.74, 6) is 1.86. The fourth-order valence-corrected chi connectivity index (χ4v) is 2.36. The lowest BCUT2D eigenvalue weighted by atomic mass is 10.2. The number of methoxy groups -OCH3 is 2. The molecule has 2 rings (SSSR count). The van der Waals surface area contributed by atoms with Crippen molar-refractivity contribution in [2.24, 2.45) is 4.99 Å². The third-order valence-corrected chi connectivity index (χ3v) is 3.86. The fraction of sp³-hybridized carbons (Fsp3) is 0.316. The summed E-state index contributed by atoms with van der Waals surface area (Å²) in [6, 6.07) is 11.2. The molecule has 128 valence electrons. The normalized spacial score (nSPS) is 12.2. The Balaban J connectivity index is 2.31. The van der Waals surface area contributed by atoms with Crippen LogP contribution in [0.15, 0.2) is 41.4 Å². The lowest BCUT2D eigenvalue weighted by Crippen LogP contribution is -2.11. The molecule has 0 N–H and O–H groups in total. The Morgan fingerprint density at radius 3 is 2.50 bits per heavy atom. The Hall–Kier alpha value is -2.20. The molecule has 0 aliphatic rings. The summed E-state index contributed by atoms with van der Waals surface area (Å²) in [4.78, 5) is 4.47. The molecular weight excluding hydrogens is 326 g/mol. The number of para-hydroxylation sites is 2. The lowest BCUT2D eigenvalue weighted by Gasteiger charge is -2.17. The second-order valence-electron chi connectivity index (χ2n) is 5.30. The smallest absolute Gasteiger partial charge is 0.180 e. The summed E-state index contributed by atoms with van der Waals surface area (Å²) >= 11 is 6.36. The zero-order valence-corrected chi connectivity index (χ0v) is 15.1. The maximum atomic E-state index is 6.36. The summed E-state index contributed by atoms with van der Waals surface area (Å²) in [5.41, 5.74) is 1.56. The van der Waals surface area contributed by atoms with E-state index in [2.05, 4.69) is 11.9 Å². The Morgan fingerprint density at radius 2 is 1.83 bits per heavy atom. The van der Waals surface area contributed by atoms with E-state index in [1.165, 1.54) is 0 Å². The van der Waals surface area contributed by atoms with E-state index in [4.69, 9.17) is 25.8 Å². The molecule has 4 nitrogen and oxygen atoms in total. The van der Waals surface area contributed by atoms with Gasteiger partial charge >= 0.3 is 0 Å². The van der Waals surface area contributed by atoms with E-state index in [0.717, 1.165) is 17.7 Å². The molecule has 0 aromatic heterocycles. The van der Waals surface area contributed by atoms with Crippen LogP contribution >= 0.6 is 11.6 Å². The second kappa shape index (κ2) is 8.60. The van der Waals surface area contributed by atoms with Gasteiger partial charge in [-0.15, -0.1) is 0 Å². The summed E-state index contributed by atoms with van der Waals surface area (Å²) in [5, 5.41) is 0.496. The molecule has 0 bridgehead atoms. The van der Waals surface area contributed by atoms with Gasteiger partial charge in [0.05, 0.1) is 25.3 Å². The van der Waals surface area contributed by atoms with E-state index in [-0.39, 0.29) is 6.10 Å². The minimum Gasteiger partial charge on any atom is -0.494 e. The molecule has 1 atom stereocenters. The van der Waals surface area contributed by atoms with Gasteiger partial charge in [0.2, 0.25) is 0 Å². The maximum absolute atomic E-state index is 6.36. The van der Waals surface area contributed by atoms with Gasteiger partial charge in [-0.2, -0.15) is 0 Å². The molecule has 0 saturated carbocycles. The van der Waals surface area contributed by atoms with Crippen molar-refractivity contribution in [1.29, 1.82) is 0 Å². The SMILES string of the molecule is CC[C@H](C)Oc1c(Cl)cc(C=Nc2ccccc2OC)cc1OC. The third kappa shape index (κ3) is 4.42. The van der Waals surface area contributed by atoms with Gasteiger partial charge in [-0.05, 0) is 43.2 Å². The largest absolute Gasteiger partial charge is 0.494 e. The molecule has 0 aliphatic carbocycles.